The SMILES string of the molecule is CCCCC(c1cccc(C)c1O)c1cc(C)cc(C)c1O. The molecule has 22 heavy (non-hydrogen) atoms. The normalized spacial score (nSPS) is 12.4. The van der Waals surface area contributed by atoms with Crippen molar-refractivity contribution in [1.29, 1.82) is 0 Å². The molecule has 2 nitrogen and oxygen atoms in total. The first-order valence-electron chi connectivity index (χ1n) is 8.04. The van der Waals surface area contributed by atoms with E-state index in [1.807, 2.05) is 51.1 Å². The van der Waals surface area contributed by atoms with Crippen molar-refractivity contribution in [2.45, 2.75) is 52.9 Å². The number of unbranched alkanes of at least 4 members (excludes halogenated alkanes) is 1. The fourth-order valence-corrected chi connectivity index (χ4v) is 3.11. The van der Waals surface area contributed by atoms with E-state index < -0.39 is 0 Å². The zero-order valence-corrected chi connectivity index (χ0v) is 14.0. The van der Waals surface area contributed by atoms with E-state index in [-0.39, 0.29) is 5.92 Å². The maximum absolute atomic E-state index is 10.5. The van der Waals surface area contributed by atoms with E-state index in [1.165, 1.54) is 0 Å². The van der Waals surface area contributed by atoms with Gasteiger partial charge < -0.3 is 10.2 Å². The Balaban J connectivity index is 2.58. The standard InChI is InChI=1S/C20H26O2/c1-5-6-9-16(17-10-7-8-14(3)19(17)21)18-12-13(2)11-15(4)20(18)22/h7-8,10-12,16,21-22H,5-6,9H2,1-4H3. The van der Waals surface area contributed by atoms with Crippen molar-refractivity contribution in [3.63, 3.8) is 0 Å². The lowest BCUT2D eigenvalue weighted by atomic mass is 9.84. The Labute approximate surface area is 133 Å². The molecule has 0 aromatic heterocycles. The molecule has 0 heterocycles. The second kappa shape index (κ2) is 6.87. The maximum atomic E-state index is 10.5. The smallest absolute Gasteiger partial charge is 0.122 e. The molecular weight excluding hydrogens is 272 g/mol. The van der Waals surface area contributed by atoms with Gasteiger partial charge in [0.25, 0.3) is 0 Å². The lowest BCUT2D eigenvalue weighted by molar-refractivity contribution is 0.445. The number of phenolic OH excluding ortho intramolecular Hbond substituents is 2. The molecule has 0 saturated heterocycles. The van der Waals surface area contributed by atoms with Crippen molar-refractivity contribution in [1.82, 2.24) is 0 Å². The van der Waals surface area contributed by atoms with Crippen molar-refractivity contribution >= 4 is 0 Å². The van der Waals surface area contributed by atoms with Gasteiger partial charge in [-0.25, -0.2) is 0 Å². The van der Waals surface area contributed by atoms with Crippen molar-refractivity contribution in [2.24, 2.45) is 0 Å². The van der Waals surface area contributed by atoms with E-state index in [1.54, 1.807) is 0 Å². The van der Waals surface area contributed by atoms with Gasteiger partial charge in [-0.3, -0.25) is 0 Å². The van der Waals surface area contributed by atoms with E-state index in [4.69, 9.17) is 0 Å². The molecule has 2 rings (SSSR count). The van der Waals surface area contributed by atoms with Crippen LogP contribution in [-0.4, -0.2) is 10.2 Å². The lowest BCUT2D eigenvalue weighted by Crippen LogP contribution is -2.04. The van der Waals surface area contributed by atoms with E-state index >= 15 is 0 Å². The highest BCUT2D eigenvalue weighted by molar-refractivity contribution is 5.52. The minimum absolute atomic E-state index is 0.0263. The highest BCUT2D eigenvalue weighted by atomic mass is 16.3. The average molecular weight is 298 g/mol. The minimum atomic E-state index is 0.0263. The highest BCUT2D eigenvalue weighted by Gasteiger charge is 2.22. The summed E-state index contributed by atoms with van der Waals surface area (Å²) in [4.78, 5) is 0. The van der Waals surface area contributed by atoms with Crippen molar-refractivity contribution in [3.8, 4) is 11.5 Å². The van der Waals surface area contributed by atoms with E-state index in [2.05, 4.69) is 6.92 Å². The lowest BCUT2D eigenvalue weighted by Gasteiger charge is -2.22. The van der Waals surface area contributed by atoms with Crippen LogP contribution in [0.4, 0.5) is 0 Å². The molecule has 1 atom stereocenters. The molecule has 0 amide bonds. The monoisotopic (exact) mass is 298 g/mol. The van der Waals surface area contributed by atoms with Gasteiger partial charge >= 0.3 is 0 Å². The molecule has 2 N–H and O–H groups in total. The Morgan fingerprint density at radius 2 is 1.59 bits per heavy atom. The van der Waals surface area contributed by atoms with Gasteiger partial charge in [0.1, 0.15) is 11.5 Å². The van der Waals surface area contributed by atoms with Gasteiger partial charge in [0.05, 0.1) is 0 Å². The number of aromatic hydroxyl groups is 2. The first kappa shape index (κ1) is 16.4. The summed E-state index contributed by atoms with van der Waals surface area (Å²) in [5, 5.41) is 21.0. The first-order chi connectivity index (χ1) is 10.5. The predicted molar refractivity (Wildman–Crippen MR) is 91.8 cm³/mol. The van der Waals surface area contributed by atoms with E-state index in [0.717, 1.165) is 47.1 Å². The summed E-state index contributed by atoms with van der Waals surface area (Å²) in [6, 6.07) is 9.90. The Bertz CT molecular complexity index is 659. The highest BCUT2D eigenvalue weighted by Crippen LogP contribution is 2.41. The van der Waals surface area contributed by atoms with Gasteiger partial charge in [-0.15, -0.1) is 0 Å². The second-order valence-electron chi connectivity index (χ2n) is 6.23. The van der Waals surface area contributed by atoms with Crippen LogP contribution in [0.25, 0.3) is 0 Å². The third-order valence-electron chi connectivity index (χ3n) is 4.34. The number of hydrogen-bond donors (Lipinski definition) is 2. The number of hydrogen-bond acceptors (Lipinski definition) is 2. The molecule has 0 aliphatic carbocycles. The molecule has 0 aliphatic heterocycles. The maximum Gasteiger partial charge on any atom is 0.122 e. The molecule has 0 saturated carbocycles. The van der Waals surface area contributed by atoms with Crippen LogP contribution in [0.3, 0.4) is 0 Å². The quantitative estimate of drug-likeness (QED) is 0.781. The average Bonchev–Trinajstić information content (AvgIpc) is 2.48. The molecule has 0 bridgehead atoms. The van der Waals surface area contributed by atoms with Crippen LogP contribution in [0.15, 0.2) is 30.3 Å². The topological polar surface area (TPSA) is 40.5 Å². The Kier molecular flexibility index (Phi) is 5.12. The van der Waals surface area contributed by atoms with Gasteiger partial charge in [-0.1, -0.05) is 55.7 Å². The molecule has 2 aromatic carbocycles. The molecular formula is C20H26O2. The van der Waals surface area contributed by atoms with Gasteiger partial charge in [-0.2, -0.15) is 0 Å². The largest absolute Gasteiger partial charge is 0.507 e. The van der Waals surface area contributed by atoms with E-state index in [9.17, 15) is 10.2 Å². The summed E-state index contributed by atoms with van der Waals surface area (Å²) >= 11 is 0. The summed E-state index contributed by atoms with van der Waals surface area (Å²) in [5.74, 6) is 0.730. The second-order valence-corrected chi connectivity index (χ2v) is 6.23. The van der Waals surface area contributed by atoms with Crippen LogP contribution < -0.4 is 0 Å². The molecule has 0 radical (unpaired) electrons. The molecule has 2 aromatic rings. The fraction of sp³-hybridized carbons (Fsp3) is 0.400. The molecule has 118 valence electrons. The zero-order valence-electron chi connectivity index (χ0n) is 14.0. The number of aryl methyl sites for hydroxylation is 3. The number of rotatable bonds is 5. The molecule has 2 heteroatoms. The minimum Gasteiger partial charge on any atom is -0.507 e. The van der Waals surface area contributed by atoms with Crippen LogP contribution in [0.1, 0.15) is 59.9 Å². The van der Waals surface area contributed by atoms with Crippen LogP contribution in [0, 0.1) is 20.8 Å². The third kappa shape index (κ3) is 3.27. The number of para-hydroxylation sites is 1. The van der Waals surface area contributed by atoms with E-state index in [0.29, 0.717) is 11.5 Å². The van der Waals surface area contributed by atoms with Gasteiger partial charge in [-0.05, 0) is 38.3 Å². The van der Waals surface area contributed by atoms with Crippen LogP contribution >= 0.6 is 0 Å². The van der Waals surface area contributed by atoms with Crippen LogP contribution in [0.2, 0.25) is 0 Å². The summed E-state index contributed by atoms with van der Waals surface area (Å²) in [5.41, 5.74) is 4.74. The summed E-state index contributed by atoms with van der Waals surface area (Å²) in [6.07, 6.45) is 3.07. The summed E-state index contributed by atoms with van der Waals surface area (Å²) in [7, 11) is 0. The zero-order chi connectivity index (χ0) is 16.3. The predicted octanol–water partition coefficient (Wildman–Crippen LogP) is 5.35. The Morgan fingerprint density at radius 1 is 0.909 bits per heavy atom. The Morgan fingerprint density at radius 3 is 2.27 bits per heavy atom. The molecule has 1 unspecified atom stereocenters. The Hall–Kier alpha value is -1.96. The van der Waals surface area contributed by atoms with Crippen molar-refractivity contribution in [3.05, 3.63) is 58.1 Å². The van der Waals surface area contributed by atoms with Crippen LogP contribution in [-0.2, 0) is 0 Å². The third-order valence-corrected chi connectivity index (χ3v) is 4.34. The van der Waals surface area contributed by atoms with Crippen molar-refractivity contribution < 1.29 is 10.2 Å². The molecule has 0 spiro atoms. The van der Waals surface area contributed by atoms with Gasteiger partial charge in [0.2, 0.25) is 0 Å². The summed E-state index contributed by atoms with van der Waals surface area (Å²) < 4.78 is 0. The number of phenols is 2. The fourth-order valence-electron chi connectivity index (χ4n) is 3.11. The molecule has 0 aliphatic rings. The van der Waals surface area contributed by atoms with Gasteiger partial charge in [0, 0.05) is 17.0 Å². The van der Waals surface area contributed by atoms with Gasteiger partial charge in [0.15, 0.2) is 0 Å². The van der Waals surface area contributed by atoms with Crippen LogP contribution in [0.5, 0.6) is 11.5 Å². The number of benzene rings is 2. The summed E-state index contributed by atoms with van der Waals surface area (Å²) in [6.45, 7) is 8.05. The van der Waals surface area contributed by atoms with Crippen molar-refractivity contribution in [2.75, 3.05) is 0 Å². The molecule has 0 fully saturated rings. The first-order valence-corrected chi connectivity index (χ1v) is 8.04.